The lowest BCUT2D eigenvalue weighted by Gasteiger charge is -2.29. The fourth-order valence-corrected chi connectivity index (χ4v) is 1.85. The number of aliphatic hydroxyl groups excluding tert-OH is 1. The zero-order chi connectivity index (χ0) is 16.4. The summed E-state index contributed by atoms with van der Waals surface area (Å²) in [5, 5.41) is 9.23. The minimum atomic E-state index is -0.791. The Morgan fingerprint density at radius 3 is 2.14 bits per heavy atom. The third-order valence-corrected chi connectivity index (χ3v) is 2.60. The van der Waals surface area contributed by atoms with E-state index < -0.39 is 29.3 Å². The highest BCUT2D eigenvalue weighted by Gasteiger charge is 2.39. The third kappa shape index (κ3) is 5.38. The lowest BCUT2D eigenvalue weighted by atomic mass is 10.1. The molecule has 0 aliphatic carbocycles. The minimum absolute atomic E-state index is 0.210. The number of hydrogen-bond donors (Lipinski definition) is 1. The lowest BCUT2D eigenvalue weighted by molar-refractivity contribution is -0.159. The van der Waals surface area contributed by atoms with Crippen molar-refractivity contribution in [2.24, 2.45) is 0 Å². The van der Waals surface area contributed by atoms with Gasteiger partial charge in [0.05, 0.1) is 6.61 Å². The molecule has 120 valence electrons. The maximum atomic E-state index is 12.2. The van der Waals surface area contributed by atoms with Crippen molar-refractivity contribution in [3.05, 3.63) is 11.8 Å². The van der Waals surface area contributed by atoms with E-state index >= 15 is 0 Å². The summed E-state index contributed by atoms with van der Waals surface area (Å²) in [6.45, 7) is 10.3. The molecule has 0 saturated heterocycles. The van der Waals surface area contributed by atoms with E-state index in [0.29, 0.717) is 5.57 Å². The molecule has 1 amide bonds. The third-order valence-electron chi connectivity index (χ3n) is 2.60. The SMILES string of the molecule is CC(C)(C)OC(=O)C1CC(CO)=CN1C(=O)OC(C)(C)C. The van der Waals surface area contributed by atoms with Gasteiger partial charge in [0.15, 0.2) is 0 Å². The summed E-state index contributed by atoms with van der Waals surface area (Å²) in [4.78, 5) is 25.6. The molecule has 0 fully saturated rings. The Labute approximate surface area is 125 Å². The smallest absolute Gasteiger partial charge is 0.415 e. The molecule has 1 aliphatic rings. The van der Waals surface area contributed by atoms with Gasteiger partial charge in [0, 0.05) is 12.6 Å². The van der Waals surface area contributed by atoms with E-state index in [1.807, 2.05) is 0 Å². The Morgan fingerprint density at radius 1 is 1.19 bits per heavy atom. The van der Waals surface area contributed by atoms with Crippen LogP contribution in [0.3, 0.4) is 0 Å². The van der Waals surface area contributed by atoms with Gasteiger partial charge in [-0.25, -0.2) is 9.59 Å². The number of amides is 1. The van der Waals surface area contributed by atoms with Crippen molar-refractivity contribution < 1.29 is 24.2 Å². The second-order valence-corrected chi connectivity index (χ2v) is 7.09. The Morgan fingerprint density at radius 2 is 1.71 bits per heavy atom. The van der Waals surface area contributed by atoms with E-state index in [-0.39, 0.29) is 13.0 Å². The number of esters is 1. The molecule has 1 unspecified atom stereocenters. The van der Waals surface area contributed by atoms with E-state index in [4.69, 9.17) is 9.47 Å². The fraction of sp³-hybridized carbons (Fsp3) is 0.733. The van der Waals surface area contributed by atoms with Gasteiger partial charge in [0.2, 0.25) is 0 Å². The second-order valence-electron chi connectivity index (χ2n) is 7.09. The maximum absolute atomic E-state index is 12.2. The normalized spacial score (nSPS) is 19.3. The number of rotatable bonds is 2. The molecule has 0 spiro atoms. The summed E-state index contributed by atoms with van der Waals surface area (Å²) in [6, 6.07) is -0.791. The van der Waals surface area contributed by atoms with Crippen molar-refractivity contribution >= 4 is 12.1 Å². The van der Waals surface area contributed by atoms with Crippen LogP contribution in [0, 0.1) is 0 Å². The Hall–Kier alpha value is -1.56. The molecule has 0 radical (unpaired) electrons. The topological polar surface area (TPSA) is 76.1 Å². The van der Waals surface area contributed by atoms with Gasteiger partial charge in [-0.2, -0.15) is 0 Å². The molecule has 1 N–H and O–H groups in total. The molecule has 1 atom stereocenters. The van der Waals surface area contributed by atoms with E-state index in [2.05, 4.69) is 0 Å². The highest BCUT2D eigenvalue weighted by molar-refractivity contribution is 5.84. The number of ether oxygens (including phenoxy) is 2. The number of carbonyl (C=O) groups is 2. The summed E-state index contributed by atoms with van der Waals surface area (Å²) in [5.74, 6) is -0.506. The van der Waals surface area contributed by atoms with Crippen LogP contribution in [0.1, 0.15) is 48.0 Å². The summed E-state index contributed by atoms with van der Waals surface area (Å²) in [6.07, 6.45) is 1.09. The molecule has 21 heavy (non-hydrogen) atoms. The predicted molar refractivity (Wildman–Crippen MR) is 77.5 cm³/mol. The van der Waals surface area contributed by atoms with E-state index in [1.165, 1.54) is 11.1 Å². The van der Waals surface area contributed by atoms with Crippen molar-refractivity contribution in [2.75, 3.05) is 6.61 Å². The molecule has 0 bridgehead atoms. The van der Waals surface area contributed by atoms with E-state index in [9.17, 15) is 14.7 Å². The molecular weight excluding hydrogens is 274 g/mol. The number of nitrogens with zero attached hydrogens (tertiary/aromatic N) is 1. The van der Waals surface area contributed by atoms with E-state index in [0.717, 1.165) is 0 Å². The van der Waals surface area contributed by atoms with Crippen molar-refractivity contribution in [1.82, 2.24) is 4.90 Å². The average molecular weight is 299 g/mol. The average Bonchev–Trinajstić information content (AvgIpc) is 2.68. The zero-order valence-corrected chi connectivity index (χ0v) is 13.6. The zero-order valence-electron chi connectivity index (χ0n) is 13.6. The predicted octanol–water partition coefficient (Wildman–Crippen LogP) is 2.21. The molecule has 0 saturated carbocycles. The van der Waals surface area contributed by atoms with Crippen LogP contribution in [0.5, 0.6) is 0 Å². The molecule has 0 aromatic heterocycles. The van der Waals surface area contributed by atoms with Gasteiger partial charge in [-0.3, -0.25) is 4.90 Å². The summed E-state index contributed by atoms with van der Waals surface area (Å²) >= 11 is 0. The van der Waals surface area contributed by atoms with Crippen LogP contribution in [-0.2, 0) is 14.3 Å². The maximum Gasteiger partial charge on any atom is 0.415 e. The molecular formula is C15H25NO5. The monoisotopic (exact) mass is 299 g/mol. The molecule has 1 aliphatic heterocycles. The number of hydrogen-bond acceptors (Lipinski definition) is 5. The fourth-order valence-electron chi connectivity index (χ4n) is 1.85. The molecule has 1 heterocycles. The largest absolute Gasteiger partial charge is 0.458 e. The summed E-state index contributed by atoms with van der Waals surface area (Å²) in [7, 11) is 0. The minimum Gasteiger partial charge on any atom is -0.458 e. The molecule has 6 heteroatoms. The highest BCUT2D eigenvalue weighted by atomic mass is 16.6. The van der Waals surface area contributed by atoms with Crippen LogP contribution in [0.4, 0.5) is 4.79 Å². The van der Waals surface area contributed by atoms with Crippen LogP contribution in [0.15, 0.2) is 11.8 Å². The number of aliphatic hydroxyl groups is 1. The first-order valence-corrected chi connectivity index (χ1v) is 6.97. The van der Waals surface area contributed by atoms with Crippen LogP contribution >= 0.6 is 0 Å². The van der Waals surface area contributed by atoms with Crippen LogP contribution in [0.2, 0.25) is 0 Å². The Balaban J connectivity index is 2.88. The van der Waals surface area contributed by atoms with E-state index in [1.54, 1.807) is 41.5 Å². The van der Waals surface area contributed by atoms with Crippen molar-refractivity contribution in [2.45, 2.75) is 65.2 Å². The van der Waals surface area contributed by atoms with Crippen LogP contribution in [0.25, 0.3) is 0 Å². The molecule has 6 nitrogen and oxygen atoms in total. The van der Waals surface area contributed by atoms with Gasteiger partial charge >= 0.3 is 12.1 Å². The molecule has 1 rings (SSSR count). The van der Waals surface area contributed by atoms with Gasteiger partial charge in [-0.1, -0.05) is 0 Å². The standard InChI is InChI=1S/C15H25NO5/c1-14(2,3)20-12(18)11-7-10(9-17)8-16(11)13(19)21-15(4,5)6/h8,11,17H,7,9H2,1-6H3. The highest BCUT2D eigenvalue weighted by Crippen LogP contribution is 2.26. The van der Waals surface area contributed by atoms with Gasteiger partial charge in [-0.15, -0.1) is 0 Å². The quantitative estimate of drug-likeness (QED) is 0.791. The first kappa shape index (κ1) is 17.5. The van der Waals surface area contributed by atoms with Gasteiger partial charge in [-0.05, 0) is 47.1 Å². The lowest BCUT2D eigenvalue weighted by Crippen LogP contribution is -2.44. The van der Waals surface area contributed by atoms with Crippen molar-refractivity contribution in [3.63, 3.8) is 0 Å². The number of carbonyl (C=O) groups excluding carboxylic acids is 2. The Kier molecular flexibility index (Phi) is 5.04. The van der Waals surface area contributed by atoms with Gasteiger partial charge in [0.25, 0.3) is 0 Å². The first-order chi connectivity index (χ1) is 9.43. The Bertz CT molecular complexity index is 442. The molecule has 0 aromatic rings. The first-order valence-electron chi connectivity index (χ1n) is 6.97. The van der Waals surface area contributed by atoms with Crippen molar-refractivity contribution in [1.29, 1.82) is 0 Å². The second kappa shape index (κ2) is 6.05. The van der Waals surface area contributed by atoms with Crippen LogP contribution in [-0.4, -0.2) is 45.9 Å². The van der Waals surface area contributed by atoms with Crippen molar-refractivity contribution in [3.8, 4) is 0 Å². The summed E-state index contributed by atoms with van der Waals surface area (Å²) in [5.41, 5.74) is -0.707. The van der Waals surface area contributed by atoms with Gasteiger partial charge < -0.3 is 14.6 Å². The molecule has 0 aromatic carbocycles. The van der Waals surface area contributed by atoms with Crippen LogP contribution < -0.4 is 0 Å². The summed E-state index contributed by atoms with van der Waals surface area (Å²) < 4.78 is 10.6. The van der Waals surface area contributed by atoms with Gasteiger partial charge in [0.1, 0.15) is 17.2 Å².